The van der Waals surface area contributed by atoms with Crippen molar-refractivity contribution in [3.8, 4) is 0 Å². The summed E-state index contributed by atoms with van der Waals surface area (Å²) in [6.45, 7) is 3.33. The topological polar surface area (TPSA) is 58.2 Å². The Labute approximate surface area is 128 Å². The molecule has 2 aromatic rings. The van der Waals surface area contributed by atoms with Crippen LogP contribution in [0.2, 0.25) is 5.02 Å². The predicted molar refractivity (Wildman–Crippen MR) is 84.9 cm³/mol. The average Bonchev–Trinajstić information content (AvgIpc) is 2.42. The molecule has 21 heavy (non-hydrogen) atoms. The van der Waals surface area contributed by atoms with Crippen LogP contribution < -0.4 is 10.6 Å². The number of nitrogens with one attached hydrogen (secondary N) is 2. The van der Waals surface area contributed by atoms with Gasteiger partial charge in [-0.25, -0.2) is 0 Å². The van der Waals surface area contributed by atoms with Gasteiger partial charge in [-0.05, 0) is 48.9 Å². The van der Waals surface area contributed by atoms with E-state index < -0.39 is 0 Å². The van der Waals surface area contributed by atoms with Crippen LogP contribution in [0.4, 0.5) is 11.4 Å². The third-order valence-corrected chi connectivity index (χ3v) is 3.16. The minimum absolute atomic E-state index is 0.153. The number of hydrogen-bond donors (Lipinski definition) is 2. The molecule has 2 rings (SSSR count). The third kappa shape index (κ3) is 4.07. The van der Waals surface area contributed by atoms with Crippen molar-refractivity contribution in [1.29, 1.82) is 0 Å². The molecule has 0 aromatic heterocycles. The summed E-state index contributed by atoms with van der Waals surface area (Å²) in [5.41, 5.74) is 2.73. The van der Waals surface area contributed by atoms with Gasteiger partial charge in [-0.2, -0.15) is 0 Å². The number of carbonyl (C=O) groups is 2. The molecule has 2 aromatic carbocycles. The lowest BCUT2D eigenvalue weighted by Crippen LogP contribution is -2.13. The summed E-state index contributed by atoms with van der Waals surface area (Å²) in [4.78, 5) is 23.2. The van der Waals surface area contributed by atoms with Crippen molar-refractivity contribution in [2.45, 2.75) is 13.8 Å². The molecule has 0 bridgehead atoms. The van der Waals surface area contributed by atoms with Gasteiger partial charge >= 0.3 is 0 Å². The molecule has 2 amide bonds. The lowest BCUT2D eigenvalue weighted by atomic mass is 10.1. The van der Waals surface area contributed by atoms with Gasteiger partial charge in [0.1, 0.15) is 0 Å². The molecule has 0 atom stereocenters. The van der Waals surface area contributed by atoms with Gasteiger partial charge in [-0.3, -0.25) is 9.59 Å². The van der Waals surface area contributed by atoms with Crippen molar-refractivity contribution in [2.24, 2.45) is 0 Å². The Balaban J connectivity index is 2.17. The number of amides is 2. The smallest absolute Gasteiger partial charge is 0.255 e. The number of halogens is 1. The van der Waals surface area contributed by atoms with Crippen LogP contribution in [0, 0.1) is 6.92 Å². The maximum Gasteiger partial charge on any atom is 0.255 e. The quantitative estimate of drug-likeness (QED) is 0.904. The number of benzene rings is 2. The van der Waals surface area contributed by atoms with Crippen LogP contribution in [0.15, 0.2) is 42.5 Å². The van der Waals surface area contributed by atoms with E-state index in [1.807, 2.05) is 13.0 Å². The standard InChI is InChI=1S/C16H15ClN2O2/c1-10-3-8-14(9-15(10)18-11(2)20)19-16(21)12-4-6-13(17)7-5-12/h3-9H,1-2H3,(H,18,20)(H,19,21). The Morgan fingerprint density at radius 2 is 1.67 bits per heavy atom. The number of anilines is 2. The lowest BCUT2D eigenvalue weighted by molar-refractivity contribution is -0.114. The van der Waals surface area contributed by atoms with Gasteiger partial charge < -0.3 is 10.6 Å². The molecule has 2 N–H and O–H groups in total. The molecule has 0 radical (unpaired) electrons. The van der Waals surface area contributed by atoms with Crippen LogP contribution in [-0.4, -0.2) is 11.8 Å². The summed E-state index contributed by atoms with van der Waals surface area (Å²) in [5, 5.41) is 6.09. The maximum atomic E-state index is 12.1. The maximum absolute atomic E-state index is 12.1. The van der Waals surface area contributed by atoms with E-state index in [1.165, 1.54) is 6.92 Å². The van der Waals surface area contributed by atoms with Crippen LogP contribution in [-0.2, 0) is 4.79 Å². The summed E-state index contributed by atoms with van der Waals surface area (Å²) >= 11 is 5.79. The summed E-state index contributed by atoms with van der Waals surface area (Å²) < 4.78 is 0. The van der Waals surface area contributed by atoms with Gasteiger partial charge in [0.25, 0.3) is 5.91 Å². The summed E-state index contributed by atoms with van der Waals surface area (Å²) in [5.74, 6) is -0.386. The van der Waals surface area contributed by atoms with Gasteiger partial charge in [0, 0.05) is 28.9 Å². The lowest BCUT2D eigenvalue weighted by Gasteiger charge is -2.10. The van der Waals surface area contributed by atoms with E-state index in [9.17, 15) is 9.59 Å². The molecule has 108 valence electrons. The predicted octanol–water partition coefficient (Wildman–Crippen LogP) is 3.86. The largest absolute Gasteiger partial charge is 0.326 e. The van der Waals surface area contributed by atoms with Gasteiger partial charge in [0.15, 0.2) is 0 Å². The van der Waals surface area contributed by atoms with Crippen molar-refractivity contribution in [2.75, 3.05) is 10.6 Å². The Morgan fingerprint density at radius 3 is 2.29 bits per heavy atom. The van der Waals surface area contributed by atoms with E-state index in [1.54, 1.807) is 36.4 Å². The van der Waals surface area contributed by atoms with Crippen LogP contribution in [0.1, 0.15) is 22.8 Å². The highest BCUT2D eigenvalue weighted by atomic mass is 35.5. The zero-order valence-electron chi connectivity index (χ0n) is 11.7. The fraction of sp³-hybridized carbons (Fsp3) is 0.125. The van der Waals surface area contributed by atoms with Crippen LogP contribution >= 0.6 is 11.6 Å². The van der Waals surface area contributed by atoms with Gasteiger partial charge in [-0.15, -0.1) is 0 Å². The highest BCUT2D eigenvalue weighted by molar-refractivity contribution is 6.30. The highest BCUT2D eigenvalue weighted by Crippen LogP contribution is 2.21. The molecule has 4 nitrogen and oxygen atoms in total. The first-order valence-corrected chi connectivity index (χ1v) is 6.78. The first-order valence-electron chi connectivity index (χ1n) is 6.41. The van der Waals surface area contributed by atoms with Gasteiger partial charge in [-0.1, -0.05) is 17.7 Å². The first-order chi connectivity index (χ1) is 9.95. The Bertz CT molecular complexity index is 681. The Kier molecular flexibility index (Phi) is 4.60. The zero-order chi connectivity index (χ0) is 15.4. The number of aryl methyl sites for hydroxylation is 1. The Morgan fingerprint density at radius 1 is 1.00 bits per heavy atom. The molecular weight excluding hydrogens is 288 g/mol. The minimum atomic E-state index is -0.232. The third-order valence-electron chi connectivity index (χ3n) is 2.91. The molecule has 0 fully saturated rings. The molecule has 0 saturated carbocycles. The molecule has 0 saturated heterocycles. The molecule has 0 aliphatic heterocycles. The van der Waals surface area contributed by atoms with E-state index in [0.29, 0.717) is 22.0 Å². The SMILES string of the molecule is CC(=O)Nc1cc(NC(=O)c2ccc(Cl)cc2)ccc1C. The first kappa shape index (κ1) is 15.1. The van der Waals surface area contributed by atoms with Crippen molar-refractivity contribution < 1.29 is 9.59 Å². The summed E-state index contributed by atoms with van der Waals surface area (Å²) in [6, 6.07) is 12.0. The number of hydrogen-bond acceptors (Lipinski definition) is 2. The van der Waals surface area contributed by atoms with E-state index in [4.69, 9.17) is 11.6 Å². The average molecular weight is 303 g/mol. The van der Waals surface area contributed by atoms with Crippen LogP contribution in [0.25, 0.3) is 0 Å². The van der Waals surface area contributed by atoms with Crippen LogP contribution in [0.5, 0.6) is 0 Å². The summed E-state index contributed by atoms with van der Waals surface area (Å²) in [6.07, 6.45) is 0. The summed E-state index contributed by atoms with van der Waals surface area (Å²) in [7, 11) is 0. The molecule has 5 heteroatoms. The van der Waals surface area contributed by atoms with Crippen LogP contribution in [0.3, 0.4) is 0 Å². The normalized spacial score (nSPS) is 10.0. The van der Waals surface area contributed by atoms with E-state index in [2.05, 4.69) is 10.6 Å². The van der Waals surface area contributed by atoms with Crippen molar-refractivity contribution in [1.82, 2.24) is 0 Å². The molecular formula is C16H15ClN2O2. The van der Waals surface area contributed by atoms with Gasteiger partial charge in [0.2, 0.25) is 5.91 Å². The molecule has 0 aliphatic carbocycles. The molecule has 0 spiro atoms. The Hall–Kier alpha value is -2.33. The fourth-order valence-corrected chi connectivity index (χ4v) is 1.95. The van der Waals surface area contributed by atoms with Crippen molar-refractivity contribution >= 4 is 34.8 Å². The second-order valence-corrected chi connectivity index (χ2v) is 5.11. The molecule has 0 unspecified atom stereocenters. The molecule has 0 heterocycles. The zero-order valence-corrected chi connectivity index (χ0v) is 12.5. The van der Waals surface area contributed by atoms with Crippen molar-refractivity contribution in [3.63, 3.8) is 0 Å². The highest BCUT2D eigenvalue weighted by Gasteiger charge is 2.08. The van der Waals surface area contributed by atoms with E-state index in [-0.39, 0.29) is 11.8 Å². The number of carbonyl (C=O) groups excluding carboxylic acids is 2. The van der Waals surface area contributed by atoms with Gasteiger partial charge in [0.05, 0.1) is 0 Å². The second kappa shape index (κ2) is 6.41. The second-order valence-electron chi connectivity index (χ2n) is 4.67. The van der Waals surface area contributed by atoms with Crippen molar-refractivity contribution in [3.05, 3.63) is 58.6 Å². The monoisotopic (exact) mass is 302 g/mol. The number of rotatable bonds is 3. The molecule has 0 aliphatic rings. The minimum Gasteiger partial charge on any atom is -0.326 e. The van der Waals surface area contributed by atoms with E-state index >= 15 is 0 Å². The fourth-order valence-electron chi connectivity index (χ4n) is 1.83. The van der Waals surface area contributed by atoms with E-state index in [0.717, 1.165) is 5.56 Å².